The van der Waals surface area contributed by atoms with Crippen molar-refractivity contribution in [3.05, 3.63) is 53.1 Å². The number of guanidine groups is 1. The summed E-state index contributed by atoms with van der Waals surface area (Å²) in [5.74, 6) is 0.798. The molecule has 0 radical (unpaired) electrons. The summed E-state index contributed by atoms with van der Waals surface area (Å²) >= 11 is 6.07. The average Bonchev–Trinajstić information content (AvgIpc) is 3.44. The van der Waals surface area contributed by atoms with Crippen LogP contribution in [0.25, 0.3) is 0 Å². The van der Waals surface area contributed by atoms with Crippen LogP contribution in [0.5, 0.6) is 5.75 Å². The number of rotatable bonds is 7. The molecular weight excluding hydrogens is 515 g/mol. The zero-order valence-electron chi connectivity index (χ0n) is 15.2. The highest BCUT2D eigenvalue weighted by Gasteiger charge is 2.27. The Hall–Kier alpha value is -1.56. The van der Waals surface area contributed by atoms with Gasteiger partial charge in [0.1, 0.15) is 5.75 Å². The lowest BCUT2D eigenvalue weighted by atomic mass is 10.2. The molecule has 1 fully saturated rings. The lowest BCUT2D eigenvalue weighted by Crippen LogP contribution is -2.25. The standard InChI is InChI=1S/C18H21ClN4O3S.HI/c1-26-17-9-6-14(10-16(17)19)22-18(20)21-11-12-2-7-15(8-3-12)27(24,25)23-13-4-5-13;/h2-3,6-10,13,23H,4-5,11H2,1H3,(H3,20,21,22);1H. The zero-order valence-corrected chi connectivity index (χ0v) is 19.1. The van der Waals surface area contributed by atoms with E-state index >= 15 is 0 Å². The van der Waals surface area contributed by atoms with Crippen LogP contribution in [-0.2, 0) is 16.6 Å². The van der Waals surface area contributed by atoms with Crippen molar-refractivity contribution in [2.75, 3.05) is 12.4 Å². The minimum absolute atomic E-state index is 0. The van der Waals surface area contributed by atoms with Gasteiger partial charge in [-0.2, -0.15) is 0 Å². The Morgan fingerprint density at radius 3 is 2.50 bits per heavy atom. The number of anilines is 1. The topological polar surface area (TPSA) is 106 Å². The largest absolute Gasteiger partial charge is 0.495 e. The van der Waals surface area contributed by atoms with Gasteiger partial charge in [-0.3, -0.25) is 0 Å². The van der Waals surface area contributed by atoms with Crippen molar-refractivity contribution >= 4 is 57.2 Å². The average molecular weight is 537 g/mol. The molecule has 28 heavy (non-hydrogen) atoms. The molecule has 0 heterocycles. The predicted molar refractivity (Wildman–Crippen MR) is 122 cm³/mol. The lowest BCUT2D eigenvalue weighted by Gasteiger charge is -2.09. The molecule has 7 nitrogen and oxygen atoms in total. The molecule has 10 heteroatoms. The summed E-state index contributed by atoms with van der Waals surface area (Å²) in [6, 6.07) is 11.9. The number of hydrogen-bond acceptors (Lipinski definition) is 4. The van der Waals surface area contributed by atoms with Crippen LogP contribution in [0.3, 0.4) is 0 Å². The molecule has 0 bridgehead atoms. The van der Waals surface area contributed by atoms with E-state index in [1.807, 2.05) is 0 Å². The van der Waals surface area contributed by atoms with Crippen molar-refractivity contribution in [1.29, 1.82) is 0 Å². The predicted octanol–water partition coefficient (Wildman–Crippen LogP) is 3.33. The van der Waals surface area contributed by atoms with Crippen molar-refractivity contribution < 1.29 is 13.2 Å². The van der Waals surface area contributed by atoms with Gasteiger partial charge in [0.05, 0.1) is 23.6 Å². The van der Waals surface area contributed by atoms with Gasteiger partial charge in [0.25, 0.3) is 0 Å². The van der Waals surface area contributed by atoms with E-state index in [4.69, 9.17) is 22.1 Å². The third kappa shape index (κ3) is 6.23. The molecule has 4 N–H and O–H groups in total. The number of aliphatic imine (C=N–C) groups is 1. The highest BCUT2D eigenvalue weighted by molar-refractivity contribution is 14.0. The number of sulfonamides is 1. The molecule has 0 aliphatic heterocycles. The SMILES string of the molecule is COc1ccc(NC(N)=NCc2ccc(S(=O)(=O)NC3CC3)cc2)cc1Cl.I. The first-order valence-corrected chi connectivity index (χ1v) is 10.3. The summed E-state index contributed by atoms with van der Waals surface area (Å²) in [7, 11) is -1.90. The van der Waals surface area contributed by atoms with Crippen LogP contribution in [0.15, 0.2) is 52.4 Å². The van der Waals surface area contributed by atoms with Crippen LogP contribution in [0.1, 0.15) is 18.4 Å². The number of hydrogen-bond donors (Lipinski definition) is 3. The normalized spacial score (nSPS) is 14.3. The fourth-order valence-electron chi connectivity index (χ4n) is 2.37. The maximum atomic E-state index is 12.1. The number of nitrogens with zero attached hydrogens (tertiary/aromatic N) is 1. The maximum Gasteiger partial charge on any atom is 0.240 e. The summed E-state index contributed by atoms with van der Waals surface area (Å²) in [5.41, 5.74) is 7.43. The van der Waals surface area contributed by atoms with Gasteiger partial charge in [-0.15, -0.1) is 24.0 Å². The van der Waals surface area contributed by atoms with Gasteiger partial charge in [0.2, 0.25) is 10.0 Å². The fourth-order valence-corrected chi connectivity index (χ4v) is 3.93. The number of halogens is 2. The minimum Gasteiger partial charge on any atom is -0.495 e. The third-order valence-electron chi connectivity index (χ3n) is 3.99. The number of nitrogens with two attached hydrogens (primary N) is 1. The minimum atomic E-state index is -3.44. The monoisotopic (exact) mass is 536 g/mol. The first kappa shape index (κ1) is 22.7. The molecule has 2 aromatic carbocycles. The molecule has 0 spiro atoms. The van der Waals surface area contributed by atoms with Crippen LogP contribution in [-0.4, -0.2) is 27.5 Å². The summed E-state index contributed by atoms with van der Waals surface area (Å²) in [6.45, 7) is 0.319. The number of benzene rings is 2. The van der Waals surface area contributed by atoms with Gasteiger partial charge in [0.15, 0.2) is 5.96 Å². The van der Waals surface area contributed by atoms with Crippen LogP contribution >= 0.6 is 35.6 Å². The van der Waals surface area contributed by atoms with Gasteiger partial charge in [-0.1, -0.05) is 23.7 Å². The van der Waals surface area contributed by atoms with Gasteiger partial charge in [-0.25, -0.2) is 18.1 Å². The molecule has 0 unspecified atom stereocenters. The molecule has 1 aliphatic rings. The second kappa shape index (κ2) is 9.77. The highest BCUT2D eigenvalue weighted by Crippen LogP contribution is 2.27. The molecule has 0 saturated heterocycles. The molecule has 3 rings (SSSR count). The summed E-state index contributed by atoms with van der Waals surface area (Å²) in [6.07, 6.45) is 1.80. The first-order valence-electron chi connectivity index (χ1n) is 8.39. The first-order chi connectivity index (χ1) is 12.9. The Kier molecular flexibility index (Phi) is 7.93. The molecule has 1 aliphatic carbocycles. The van der Waals surface area contributed by atoms with Gasteiger partial charge in [-0.05, 0) is 48.7 Å². The highest BCUT2D eigenvalue weighted by atomic mass is 127. The summed E-state index contributed by atoms with van der Waals surface area (Å²) in [4.78, 5) is 4.51. The molecule has 0 aromatic heterocycles. The van der Waals surface area contributed by atoms with Crippen molar-refractivity contribution in [3.63, 3.8) is 0 Å². The van der Waals surface area contributed by atoms with E-state index in [0.717, 1.165) is 18.4 Å². The molecule has 2 aromatic rings. The summed E-state index contributed by atoms with van der Waals surface area (Å²) < 4.78 is 32.0. The smallest absolute Gasteiger partial charge is 0.240 e. The van der Waals surface area contributed by atoms with E-state index in [2.05, 4.69) is 15.0 Å². The fraction of sp³-hybridized carbons (Fsp3) is 0.278. The van der Waals surface area contributed by atoms with E-state index < -0.39 is 10.0 Å². The van der Waals surface area contributed by atoms with Gasteiger partial charge < -0.3 is 15.8 Å². The molecule has 152 valence electrons. The quantitative estimate of drug-likeness (QED) is 0.286. The van der Waals surface area contributed by atoms with Crippen molar-refractivity contribution in [2.45, 2.75) is 30.3 Å². The maximum absolute atomic E-state index is 12.1. The Balaban J connectivity index is 0.00000280. The lowest BCUT2D eigenvalue weighted by molar-refractivity contribution is 0.415. The molecule has 0 atom stereocenters. The Labute approximate surface area is 186 Å². The Morgan fingerprint density at radius 1 is 1.25 bits per heavy atom. The summed E-state index contributed by atoms with van der Waals surface area (Å²) in [5, 5.41) is 3.42. The second-order valence-corrected chi connectivity index (χ2v) is 8.34. The van der Waals surface area contributed by atoms with Crippen LogP contribution in [0, 0.1) is 0 Å². The van der Waals surface area contributed by atoms with Gasteiger partial charge in [0, 0.05) is 11.7 Å². The van der Waals surface area contributed by atoms with Crippen molar-refractivity contribution in [2.24, 2.45) is 10.7 Å². The second-order valence-electron chi connectivity index (χ2n) is 6.22. The van der Waals surface area contributed by atoms with Gasteiger partial charge >= 0.3 is 0 Å². The van der Waals surface area contributed by atoms with E-state index in [9.17, 15) is 8.42 Å². The zero-order chi connectivity index (χ0) is 19.4. The number of methoxy groups -OCH3 is 1. The number of ether oxygens (including phenoxy) is 1. The van der Waals surface area contributed by atoms with Crippen LogP contribution in [0.4, 0.5) is 5.69 Å². The third-order valence-corrected chi connectivity index (χ3v) is 5.82. The Morgan fingerprint density at radius 2 is 1.93 bits per heavy atom. The van der Waals surface area contributed by atoms with Crippen LogP contribution < -0.4 is 20.5 Å². The van der Waals surface area contributed by atoms with Crippen LogP contribution in [0.2, 0.25) is 5.02 Å². The van der Waals surface area contributed by atoms with Crippen molar-refractivity contribution in [1.82, 2.24) is 4.72 Å². The van der Waals surface area contributed by atoms with E-state index in [0.29, 0.717) is 23.0 Å². The number of nitrogens with one attached hydrogen (secondary N) is 2. The van der Waals surface area contributed by atoms with Crippen molar-refractivity contribution in [3.8, 4) is 5.75 Å². The van der Waals surface area contributed by atoms with E-state index in [-0.39, 0.29) is 40.9 Å². The van der Waals surface area contributed by atoms with E-state index in [1.54, 1.807) is 49.6 Å². The van der Waals surface area contributed by atoms with E-state index in [1.165, 1.54) is 0 Å². The molecule has 1 saturated carbocycles. The molecular formula is C18H22ClIN4O3S. The molecule has 0 amide bonds. The Bertz CT molecular complexity index is 948.